The highest BCUT2D eigenvalue weighted by atomic mass is 16.3. The molecule has 4 aromatic rings. The Morgan fingerprint density at radius 3 is 2.87 bits per heavy atom. The molecule has 0 saturated carbocycles. The monoisotopic (exact) mass is 308 g/mol. The lowest BCUT2D eigenvalue weighted by molar-refractivity contribution is 0.0996. The quantitative estimate of drug-likeness (QED) is 0.625. The Morgan fingerprint density at radius 2 is 2.13 bits per heavy atom. The zero-order chi connectivity index (χ0) is 15.8. The van der Waals surface area contributed by atoms with Gasteiger partial charge >= 0.3 is 0 Å². The lowest BCUT2D eigenvalue weighted by Gasteiger charge is -2.04. The largest absolute Gasteiger partial charge is 0.459 e. The lowest BCUT2D eigenvalue weighted by atomic mass is 10.3. The summed E-state index contributed by atoms with van der Waals surface area (Å²) in [7, 11) is 1.84. The topological polar surface area (TPSA) is 90.2 Å². The molecule has 0 atom stereocenters. The molecule has 0 aliphatic heterocycles. The molecular formula is C15H12N6O2. The van der Waals surface area contributed by atoms with Crippen molar-refractivity contribution in [2.24, 2.45) is 7.05 Å². The highest BCUT2D eigenvalue weighted by Gasteiger charge is 2.13. The van der Waals surface area contributed by atoms with E-state index in [0.29, 0.717) is 11.5 Å². The van der Waals surface area contributed by atoms with Crippen LogP contribution in [0.3, 0.4) is 0 Å². The highest BCUT2D eigenvalue weighted by Crippen LogP contribution is 2.19. The average Bonchev–Trinajstić information content (AvgIpc) is 3.27. The minimum absolute atomic E-state index is 0.237. The van der Waals surface area contributed by atoms with Crippen molar-refractivity contribution in [2.45, 2.75) is 0 Å². The van der Waals surface area contributed by atoms with Crippen LogP contribution in [0.15, 0.2) is 53.8 Å². The van der Waals surface area contributed by atoms with Crippen LogP contribution in [-0.4, -0.2) is 30.1 Å². The number of carbonyl (C=O) groups is 1. The van der Waals surface area contributed by atoms with Crippen molar-refractivity contribution in [3.05, 3.63) is 55.1 Å². The van der Waals surface area contributed by atoms with Crippen LogP contribution in [0, 0.1) is 0 Å². The number of imidazole rings is 1. The predicted octanol–water partition coefficient (Wildman–Crippen LogP) is 1.98. The molecule has 0 aliphatic rings. The van der Waals surface area contributed by atoms with E-state index in [1.807, 2.05) is 13.2 Å². The lowest BCUT2D eigenvalue weighted by Crippen LogP contribution is -2.12. The van der Waals surface area contributed by atoms with Crippen LogP contribution in [0.5, 0.6) is 0 Å². The first kappa shape index (κ1) is 13.3. The molecule has 0 aliphatic carbocycles. The molecule has 4 rings (SSSR count). The Bertz CT molecular complexity index is 983. The third kappa shape index (κ3) is 2.35. The molecule has 0 saturated heterocycles. The molecule has 8 heteroatoms. The third-order valence-electron chi connectivity index (χ3n) is 3.38. The number of aryl methyl sites for hydroxylation is 1. The summed E-state index contributed by atoms with van der Waals surface area (Å²) in [6, 6.07) is 3.26. The van der Waals surface area contributed by atoms with Crippen LogP contribution in [0.2, 0.25) is 0 Å². The number of carbonyl (C=O) groups excluding carboxylic acids is 1. The van der Waals surface area contributed by atoms with E-state index in [2.05, 4.69) is 20.4 Å². The van der Waals surface area contributed by atoms with Gasteiger partial charge in [0.2, 0.25) is 0 Å². The molecule has 0 fully saturated rings. The van der Waals surface area contributed by atoms with Gasteiger partial charge in [-0.05, 0) is 12.1 Å². The fraction of sp³-hybridized carbons (Fsp3) is 0.0667. The first-order chi connectivity index (χ1) is 11.2. The Balaban J connectivity index is 1.71. The zero-order valence-electron chi connectivity index (χ0n) is 12.2. The van der Waals surface area contributed by atoms with Gasteiger partial charge < -0.3 is 9.73 Å². The molecule has 0 spiro atoms. The molecule has 1 N–H and O–H groups in total. The van der Waals surface area contributed by atoms with Gasteiger partial charge in [-0.2, -0.15) is 5.10 Å². The Kier molecular flexibility index (Phi) is 2.94. The molecular weight excluding hydrogens is 296 g/mol. The number of fused-ring (bicyclic) bond motifs is 1. The molecule has 0 radical (unpaired) electrons. The standard InChI is InChI=1S/C15H12N6O2/c1-20-8-10(5-18-20)11-9-21-13(6-16-11)17-7-14(21)19-15(22)12-3-2-4-23-12/h2-9H,1H3,(H,19,22). The van der Waals surface area contributed by atoms with E-state index in [1.165, 1.54) is 6.26 Å². The molecule has 23 heavy (non-hydrogen) atoms. The number of amides is 1. The fourth-order valence-corrected chi connectivity index (χ4v) is 2.27. The van der Waals surface area contributed by atoms with Gasteiger partial charge in [0.1, 0.15) is 5.82 Å². The summed E-state index contributed by atoms with van der Waals surface area (Å²) in [4.78, 5) is 20.7. The summed E-state index contributed by atoms with van der Waals surface area (Å²) < 4.78 is 8.55. The van der Waals surface area contributed by atoms with Gasteiger partial charge in [-0.3, -0.25) is 18.9 Å². The van der Waals surface area contributed by atoms with Gasteiger partial charge in [0, 0.05) is 25.0 Å². The van der Waals surface area contributed by atoms with Crippen LogP contribution >= 0.6 is 0 Å². The molecule has 4 heterocycles. The van der Waals surface area contributed by atoms with Gasteiger partial charge in [0.15, 0.2) is 11.4 Å². The molecule has 1 amide bonds. The maximum Gasteiger partial charge on any atom is 0.292 e. The average molecular weight is 308 g/mol. The Hall–Kier alpha value is -3.42. The van der Waals surface area contributed by atoms with E-state index in [9.17, 15) is 4.79 Å². The number of hydrogen-bond donors (Lipinski definition) is 1. The van der Waals surface area contributed by atoms with Crippen molar-refractivity contribution < 1.29 is 9.21 Å². The van der Waals surface area contributed by atoms with Crippen molar-refractivity contribution in [2.75, 3.05) is 5.32 Å². The van der Waals surface area contributed by atoms with Gasteiger partial charge in [0.25, 0.3) is 5.91 Å². The first-order valence-corrected chi connectivity index (χ1v) is 6.88. The fourth-order valence-electron chi connectivity index (χ4n) is 2.27. The summed E-state index contributed by atoms with van der Waals surface area (Å²) in [5.74, 6) is 0.437. The van der Waals surface area contributed by atoms with E-state index >= 15 is 0 Å². The van der Waals surface area contributed by atoms with Crippen molar-refractivity contribution >= 4 is 17.4 Å². The zero-order valence-corrected chi connectivity index (χ0v) is 12.2. The van der Waals surface area contributed by atoms with Crippen molar-refractivity contribution in [3.63, 3.8) is 0 Å². The van der Waals surface area contributed by atoms with Gasteiger partial charge in [-0.15, -0.1) is 0 Å². The van der Waals surface area contributed by atoms with Crippen LogP contribution in [0.25, 0.3) is 16.9 Å². The Morgan fingerprint density at radius 1 is 1.22 bits per heavy atom. The summed E-state index contributed by atoms with van der Waals surface area (Å²) >= 11 is 0. The van der Waals surface area contributed by atoms with Crippen molar-refractivity contribution in [3.8, 4) is 11.3 Å². The van der Waals surface area contributed by atoms with Crippen LogP contribution in [-0.2, 0) is 7.05 Å². The second-order valence-corrected chi connectivity index (χ2v) is 4.98. The first-order valence-electron chi connectivity index (χ1n) is 6.88. The van der Waals surface area contributed by atoms with E-state index in [1.54, 1.807) is 46.0 Å². The Labute approximate surface area is 130 Å². The minimum Gasteiger partial charge on any atom is -0.459 e. The van der Waals surface area contributed by atoms with E-state index in [-0.39, 0.29) is 11.7 Å². The van der Waals surface area contributed by atoms with Gasteiger partial charge in [0.05, 0.1) is 30.5 Å². The van der Waals surface area contributed by atoms with E-state index in [4.69, 9.17) is 4.42 Å². The van der Waals surface area contributed by atoms with Crippen molar-refractivity contribution in [1.82, 2.24) is 24.1 Å². The molecule has 114 valence electrons. The predicted molar refractivity (Wildman–Crippen MR) is 81.9 cm³/mol. The SMILES string of the molecule is Cn1cc(-c2cn3c(NC(=O)c4ccco4)cnc3cn2)cn1. The highest BCUT2D eigenvalue weighted by molar-refractivity contribution is 6.01. The molecule has 4 aromatic heterocycles. The number of nitrogens with zero attached hydrogens (tertiary/aromatic N) is 5. The maximum absolute atomic E-state index is 12.1. The second-order valence-electron chi connectivity index (χ2n) is 4.98. The molecule has 0 aromatic carbocycles. The van der Waals surface area contributed by atoms with Crippen LogP contribution < -0.4 is 5.32 Å². The summed E-state index contributed by atoms with van der Waals surface area (Å²) in [5, 5.41) is 6.91. The van der Waals surface area contributed by atoms with Gasteiger partial charge in [-0.25, -0.2) is 4.98 Å². The third-order valence-corrected chi connectivity index (χ3v) is 3.38. The number of rotatable bonds is 3. The number of aromatic nitrogens is 5. The second kappa shape index (κ2) is 5.09. The summed E-state index contributed by atoms with van der Waals surface area (Å²) in [6.07, 6.45) is 10.1. The maximum atomic E-state index is 12.1. The molecule has 8 nitrogen and oxygen atoms in total. The summed E-state index contributed by atoms with van der Waals surface area (Å²) in [5.41, 5.74) is 2.25. The smallest absolute Gasteiger partial charge is 0.292 e. The van der Waals surface area contributed by atoms with Crippen LogP contribution in [0.1, 0.15) is 10.6 Å². The normalized spacial score (nSPS) is 11.0. The molecule has 0 bridgehead atoms. The van der Waals surface area contributed by atoms with E-state index < -0.39 is 0 Å². The summed E-state index contributed by atoms with van der Waals surface area (Å²) in [6.45, 7) is 0. The number of hydrogen-bond acceptors (Lipinski definition) is 5. The van der Waals surface area contributed by atoms with E-state index in [0.717, 1.165) is 11.3 Å². The molecule has 0 unspecified atom stereocenters. The van der Waals surface area contributed by atoms with Gasteiger partial charge in [-0.1, -0.05) is 0 Å². The van der Waals surface area contributed by atoms with Crippen LogP contribution in [0.4, 0.5) is 5.82 Å². The number of nitrogens with one attached hydrogen (secondary N) is 1. The minimum atomic E-state index is -0.337. The number of anilines is 1. The van der Waals surface area contributed by atoms with Crippen molar-refractivity contribution in [1.29, 1.82) is 0 Å². The number of furan rings is 1.